The molecule has 3 aromatic carbocycles. The van der Waals surface area contributed by atoms with Gasteiger partial charge in [0.2, 0.25) is 5.95 Å². The maximum atomic E-state index is 14.2. The topological polar surface area (TPSA) is 157 Å². The van der Waals surface area contributed by atoms with Crippen LogP contribution in [-0.4, -0.2) is 34.2 Å². The van der Waals surface area contributed by atoms with Crippen LogP contribution in [0.4, 0.5) is 11.8 Å². The standard InChI is InChI=1S/C28H23N7O3S/c1-17(32-25-19(15-29)16-31-28(30)34-25)26-33-23-10-6-9-22(18-11-13-21(14-12-18)39(2,37)38)24(23)27(36)35(26)20-7-4-3-5-8-20/h3-14,16-17H,1-2H3,(H3,30,31,32,34)/t17-/m1/s1. The Balaban J connectivity index is 1.72. The fourth-order valence-electron chi connectivity index (χ4n) is 4.34. The summed E-state index contributed by atoms with van der Waals surface area (Å²) in [5.41, 5.74) is 8.01. The van der Waals surface area contributed by atoms with E-state index in [1.54, 1.807) is 49.4 Å². The Hall–Kier alpha value is -5.08. The van der Waals surface area contributed by atoms with Gasteiger partial charge in [-0.2, -0.15) is 10.2 Å². The molecule has 5 rings (SSSR count). The van der Waals surface area contributed by atoms with E-state index in [1.807, 2.05) is 24.3 Å². The molecule has 39 heavy (non-hydrogen) atoms. The smallest absolute Gasteiger partial charge is 0.266 e. The fourth-order valence-corrected chi connectivity index (χ4v) is 4.97. The number of nitrogen functional groups attached to an aromatic ring is 1. The molecule has 0 unspecified atom stereocenters. The first-order valence-corrected chi connectivity index (χ1v) is 13.8. The Morgan fingerprint density at radius 3 is 2.38 bits per heavy atom. The number of hydrogen-bond acceptors (Lipinski definition) is 9. The molecule has 0 bridgehead atoms. The largest absolute Gasteiger partial charge is 0.368 e. The number of para-hydroxylation sites is 1. The van der Waals surface area contributed by atoms with E-state index in [4.69, 9.17) is 10.7 Å². The Bertz CT molecular complexity index is 1910. The highest BCUT2D eigenvalue weighted by molar-refractivity contribution is 7.90. The molecule has 5 aromatic rings. The first-order valence-electron chi connectivity index (χ1n) is 11.9. The molecule has 0 amide bonds. The van der Waals surface area contributed by atoms with Gasteiger partial charge in [0.05, 0.1) is 33.7 Å². The van der Waals surface area contributed by atoms with Crippen molar-refractivity contribution in [3.63, 3.8) is 0 Å². The van der Waals surface area contributed by atoms with Crippen molar-refractivity contribution in [2.75, 3.05) is 17.3 Å². The minimum absolute atomic E-state index is 0.00199. The van der Waals surface area contributed by atoms with Gasteiger partial charge in [-0.15, -0.1) is 0 Å². The van der Waals surface area contributed by atoms with E-state index >= 15 is 0 Å². The average Bonchev–Trinajstić information content (AvgIpc) is 2.93. The second kappa shape index (κ2) is 10.00. The number of sulfone groups is 1. The number of fused-ring (bicyclic) bond motifs is 1. The first-order chi connectivity index (χ1) is 18.7. The van der Waals surface area contributed by atoms with E-state index in [2.05, 4.69) is 15.3 Å². The number of rotatable bonds is 6. The fraction of sp³-hybridized carbons (Fsp3) is 0.107. The van der Waals surface area contributed by atoms with Crippen LogP contribution in [0.5, 0.6) is 0 Å². The second-order valence-electron chi connectivity index (χ2n) is 8.91. The maximum Gasteiger partial charge on any atom is 0.266 e. The average molecular weight is 538 g/mol. The summed E-state index contributed by atoms with van der Waals surface area (Å²) in [6.07, 6.45) is 2.48. The lowest BCUT2D eigenvalue weighted by molar-refractivity contribution is 0.602. The highest BCUT2D eigenvalue weighted by atomic mass is 32.2. The quantitative estimate of drug-likeness (QED) is 0.328. The van der Waals surface area contributed by atoms with Crippen LogP contribution in [-0.2, 0) is 9.84 Å². The van der Waals surface area contributed by atoms with Crippen LogP contribution in [0, 0.1) is 11.3 Å². The number of nitrogens with two attached hydrogens (primary N) is 1. The van der Waals surface area contributed by atoms with Crippen LogP contribution in [0.25, 0.3) is 27.7 Å². The molecule has 0 aliphatic heterocycles. The molecule has 0 aliphatic carbocycles. The van der Waals surface area contributed by atoms with Crippen LogP contribution in [0.2, 0.25) is 0 Å². The van der Waals surface area contributed by atoms with Gasteiger partial charge >= 0.3 is 0 Å². The van der Waals surface area contributed by atoms with Gasteiger partial charge in [-0.05, 0) is 48.4 Å². The van der Waals surface area contributed by atoms with Crippen LogP contribution in [0.1, 0.15) is 24.4 Å². The van der Waals surface area contributed by atoms with Crippen molar-refractivity contribution in [3.8, 4) is 22.9 Å². The third-order valence-electron chi connectivity index (χ3n) is 6.20. The zero-order valence-corrected chi connectivity index (χ0v) is 21.8. The predicted molar refractivity (Wildman–Crippen MR) is 149 cm³/mol. The molecular formula is C28H23N7O3S. The highest BCUT2D eigenvalue weighted by Crippen LogP contribution is 2.29. The van der Waals surface area contributed by atoms with Gasteiger partial charge in [0, 0.05) is 6.26 Å². The van der Waals surface area contributed by atoms with Crippen molar-refractivity contribution in [1.29, 1.82) is 5.26 Å². The summed E-state index contributed by atoms with van der Waals surface area (Å²) in [5.74, 6) is 0.623. The third-order valence-corrected chi connectivity index (χ3v) is 7.33. The van der Waals surface area contributed by atoms with Crippen molar-refractivity contribution in [2.24, 2.45) is 0 Å². The molecular weight excluding hydrogens is 514 g/mol. The third kappa shape index (κ3) is 4.93. The number of nitriles is 1. The summed E-state index contributed by atoms with van der Waals surface area (Å²) < 4.78 is 25.4. The lowest BCUT2D eigenvalue weighted by atomic mass is 10.0. The van der Waals surface area contributed by atoms with E-state index in [-0.39, 0.29) is 27.8 Å². The molecule has 2 aromatic heterocycles. The number of benzene rings is 3. The number of nitrogens with one attached hydrogen (secondary N) is 1. The van der Waals surface area contributed by atoms with Crippen LogP contribution in [0.3, 0.4) is 0 Å². The second-order valence-corrected chi connectivity index (χ2v) is 10.9. The number of nitrogens with zero attached hydrogens (tertiary/aromatic N) is 5. The Kier molecular flexibility index (Phi) is 6.55. The Morgan fingerprint density at radius 2 is 1.72 bits per heavy atom. The van der Waals surface area contributed by atoms with Gasteiger partial charge < -0.3 is 11.1 Å². The van der Waals surface area contributed by atoms with Gasteiger partial charge in [-0.1, -0.05) is 42.5 Å². The minimum Gasteiger partial charge on any atom is -0.368 e. The summed E-state index contributed by atoms with van der Waals surface area (Å²) >= 11 is 0. The van der Waals surface area contributed by atoms with E-state index in [9.17, 15) is 18.5 Å². The molecule has 0 aliphatic rings. The maximum absolute atomic E-state index is 14.2. The molecule has 0 fully saturated rings. The molecule has 0 spiro atoms. The van der Waals surface area contributed by atoms with Gasteiger partial charge in [0.15, 0.2) is 9.84 Å². The molecule has 194 valence electrons. The summed E-state index contributed by atoms with van der Waals surface area (Å²) in [5, 5.41) is 13.0. The number of hydrogen-bond donors (Lipinski definition) is 2. The summed E-state index contributed by atoms with van der Waals surface area (Å²) in [4.78, 5) is 27.3. The van der Waals surface area contributed by atoms with Crippen LogP contribution in [0.15, 0.2) is 88.7 Å². The van der Waals surface area contributed by atoms with Crippen LogP contribution >= 0.6 is 0 Å². The van der Waals surface area contributed by atoms with E-state index in [1.165, 1.54) is 22.9 Å². The summed E-state index contributed by atoms with van der Waals surface area (Å²) in [6.45, 7) is 1.81. The molecule has 0 saturated heterocycles. The SMILES string of the molecule is C[C@@H](Nc1nc(N)ncc1C#N)c1nc2cccc(-c3ccc(S(C)(=O)=O)cc3)c2c(=O)n1-c1ccccc1. The van der Waals surface area contributed by atoms with Crippen molar-refractivity contribution in [3.05, 3.63) is 101 Å². The molecule has 3 N–H and O–H groups in total. The first kappa shape index (κ1) is 25.6. The zero-order valence-electron chi connectivity index (χ0n) is 21.0. The van der Waals surface area contributed by atoms with E-state index < -0.39 is 15.9 Å². The van der Waals surface area contributed by atoms with Crippen molar-refractivity contribution in [2.45, 2.75) is 17.9 Å². The molecule has 0 saturated carbocycles. The van der Waals surface area contributed by atoms with Crippen molar-refractivity contribution >= 4 is 32.5 Å². The van der Waals surface area contributed by atoms with Crippen LogP contribution < -0.4 is 16.6 Å². The van der Waals surface area contributed by atoms with Gasteiger partial charge in [-0.3, -0.25) is 9.36 Å². The number of aromatic nitrogens is 4. The lowest BCUT2D eigenvalue weighted by Crippen LogP contribution is -2.28. The Morgan fingerprint density at radius 1 is 1.00 bits per heavy atom. The van der Waals surface area contributed by atoms with Crippen molar-refractivity contribution < 1.29 is 8.42 Å². The zero-order chi connectivity index (χ0) is 27.7. The highest BCUT2D eigenvalue weighted by Gasteiger charge is 2.21. The summed E-state index contributed by atoms with van der Waals surface area (Å²) in [6, 6.07) is 22.3. The van der Waals surface area contributed by atoms with E-state index in [0.29, 0.717) is 33.5 Å². The molecule has 1 atom stereocenters. The molecule has 10 nitrogen and oxygen atoms in total. The van der Waals surface area contributed by atoms with Crippen molar-refractivity contribution in [1.82, 2.24) is 19.5 Å². The molecule has 2 heterocycles. The lowest BCUT2D eigenvalue weighted by Gasteiger charge is -2.21. The normalized spacial score (nSPS) is 12.1. The van der Waals surface area contributed by atoms with E-state index in [0.717, 1.165) is 6.26 Å². The molecule has 0 radical (unpaired) electrons. The Labute approximate surface area is 224 Å². The van der Waals surface area contributed by atoms with Gasteiger partial charge in [0.1, 0.15) is 23.3 Å². The van der Waals surface area contributed by atoms with Gasteiger partial charge in [-0.25, -0.2) is 18.4 Å². The number of anilines is 2. The predicted octanol–water partition coefficient (Wildman–Crippen LogP) is 3.87. The monoisotopic (exact) mass is 537 g/mol. The molecule has 11 heteroatoms. The van der Waals surface area contributed by atoms with Gasteiger partial charge in [0.25, 0.3) is 5.56 Å². The summed E-state index contributed by atoms with van der Waals surface area (Å²) in [7, 11) is -3.37. The minimum atomic E-state index is -3.37.